The quantitative estimate of drug-likeness (QED) is 0.666. The minimum Gasteiger partial charge on any atom is -0.306 e. The van der Waals surface area contributed by atoms with Crippen molar-refractivity contribution in [3.05, 3.63) is 0 Å². The Labute approximate surface area is 88.9 Å². The van der Waals surface area contributed by atoms with E-state index in [2.05, 4.69) is 18.9 Å². The first-order valence-corrected chi connectivity index (χ1v) is 6.49. The minimum atomic E-state index is 1.09. The molecule has 0 spiro atoms. The fourth-order valence-electron chi connectivity index (χ4n) is 3.10. The van der Waals surface area contributed by atoms with Crippen LogP contribution in [0.15, 0.2) is 0 Å². The van der Waals surface area contributed by atoms with E-state index in [1.165, 1.54) is 45.2 Å². The van der Waals surface area contributed by atoms with E-state index in [9.17, 15) is 0 Å². The fraction of sp³-hybridized carbons (Fsp3) is 1.00. The van der Waals surface area contributed by atoms with Crippen LogP contribution in [0.2, 0.25) is 0 Å². The Balaban J connectivity index is 1.66. The Hall–Kier alpha value is -0.0400. The zero-order valence-electron chi connectivity index (χ0n) is 9.84. The van der Waals surface area contributed by atoms with Gasteiger partial charge in [-0.2, -0.15) is 0 Å². The van der Waals surface area contributed by atoms with E-state index in [0.717, 1.165) is 17.8 Å². The van der Waals surface area contributed by atoms with Gasteiger partial charge in [-0.05, 0) is 57.2 Å². The molecule has 1 heterocycles. The molecule has 0 radical (unpaired) electrons. The zero-order chi connectivity index (χ0) is 9.97. The van der Waals surface area contributed by atoms with E-state index in [1.807, 2.05) is 0 Å². The second-order valence-electron chi connectivity index (χ2n) is 5.44. The third kappa shape index (κ3) is 2.50. The monoisotopic (exact) mass is 195 g/mol. The van der Waals surface area contributed by atoms with Crippen LogP contribution in [-0.4, -0.2) is 25.0 Å². The summed E-state index contributed by atoms with van der Waals surface area (Å²) in [6.07, 6.45) is 8.89. The summed E-state index contributed by atoms with van der Waals surface area (Å²) in [6.45, 7) is 5.01. The summed E-state index contributed by atoms with van der Waals surface area (Å²) in [4.78, 5) is 2.49. The SMILES string of the molecule is CCCCC1CC1C1CCN(C)CC1. The maximum atomic E-state index is 2.49. The lowest BCUT2D eigenvalue weighted by molar-refractivity contribution is 0.198. The van der Waals surface area contributed by atoms with Crippen molar-refractivity contribution in [2.75, 3.05) is 20.1 Å². The van der Waals surface area contributed by atoms with E-state index in [-0.39, 0.29) is 0 Å². The highest BCUT2D eigenvalue weighted by Gasteiger charge is 2.42. The molecule has 0 amide bonds. The van der Waals surface area contributed by atoms with Crippen LogP contribution in [0.3, 0.4) is 0 Å². The molecule has 1 saturated heterocycles. The number of nitrogens with zero attached hydrogens (tertiary/aromatic N) is 1. The van der Waals surface area contributed by atoms with Crippen LogP contribution >= 0.6 is 0 Å². The molecule has 1 aliphatic carbocycles. The molecule has 2 fully saturated rings. The predicted octanol–water partition coefficient (Wildman–Crippen LogP) is 3.15. The lowest BCUT2D eigenvalue weighted by Gasteiger charge is -2.29. The topological polar surface area (TPSA) is 3.24 Å². The molecule has 2 aliphatic rings. The number of unbranched alkanes of at least 4 members (excludes halogenated alkanes) is 1. The summed E-state index contributed by atoms with van der Waals surface area (Å²) in [7, 11) is 2.26. The second kappa shape index (κ2) is 4.65. The van der Waals surface area contributed by atoms with Gasteiger partial charge in [0.25, 0.3) is 0 Å². The third-order valence-electron chi connectivity index (χ3n) is 4.27. The highest BCUT2D eigenvalue weighted by Crippen LogP contribution is 2.50. The Bertz CT molecular complexity index is 170. The highest BCUT2D eigenvalue weighted by molar-refractivity contribution is 4.92. The average molecular weight is 195 g/mol. The van der Waals surface area contributed by atoms with Crippen molar-refractivity contribution < 1.29 is 0 Å². The van der Waals surface area contributed by atoms with Crippen molar-refractivity contribution in [1.82, 2.24) is 4.90 Å². The Morgan fingerprint density at radius 2 is 1.93 bits per heavy atom. The van der Waals surface area contributed by atoms with Gasteiger partial charge < -0.3 is 4.90 Å². The molecule has 2 atom stereocenters. The first-order valence-electron chi connectivity index (χ1n) is 6.49. The maximum absolute atomic E-state index is 2.49. The average Bonchev–Trinajstić information content (AvgIpc) is 2.95. The largest absolute Gasteiger partial charge is 0.306 e. The lowest BCUT2D eigenvalue weighted by Crippen LogP contribution is -2.31. The van der Waals surface area contributed by atoms with Crippen LogP contribution in [0.25, 0.3) is 0 Å². The second-order valence-corrected chi connectivity index (χ2v) is 5.44. The molecule has 82 valence electrons. The summed E-state index contributed by atoms with van der Waals surface area (Å²) < 4.78 is 0. The molecule has 1 aliphatic heterocycles. The van der Waals surface area contributed by atoms with Gasteiger partial charge in [0.15, 0.2) is 0 Å². The third-order valence-corrected chi connectivity index (χ3v) is 4.27. The Kier molecular flexibility index (Phi) is 3.48. The predicted molar refractivity (Wildman–Crippen MR) is 61.3 cm³/mol. The van der Waals surface area contributed by atoms with Crippen molar-refractivity contribution in [3.63, 3.8) is 0 Å². The van der Waals surface area contributed by atoms with Crippen LogP contribution in [0.1, 0.15) is 45.4 Å². The maximum Gasteiger partial charge on any atom is -0.00190 e. The van der Waals surface area contributed by atoms with E-state index < -0.39 is 0 Å². The molecule has 2 unspecified atom stereocenters. The minimum absolute atomic E-state index is 1.09. The van der Waals surface area contributed by atoms with Crippen molar-refractivity contribution in [2.24, 2.45) is 17.8 Å². The summed E-state index contributed by atoms with van der Waals surface area (Å²) in [5, 5.41) is 0. The molecule has 0 bridgehead atoms. The molecule has 0 aromatic rings. The van der Waals surface area contributed by atoms with Crippen molar-refractivity contribution in [2.45, 2.75) is 45.4 Å². The van der Waals surface area contributed by atoms with Crippen molar-refractivity contribution in [3.8, 4) is 0 Å². The molecule has 0 aromatic heterocycles. The number of likely N-dealkylation sites (tertiary alicyclic amines) is 1. The molecular formula is C13H25N. The Morgan fingerprint density at radius 1 is 1.21 bits per heavy atom. The zero-order valence-corrected chi connectivity index (χ0v) is 9.84. The summed E-state index contributed by atoms with van der Waals surface area (Å²) >= 11 is 0. The van der Waals surface area contributed by atoms with Crippen LogP contribution in [0, 0.1) is 17.8 Å². The molecule has 1 saturated carbocycles. The molecule has 1 nitrogen and oxygen atoms in total. The fourth-order valence-corrected chi connectivity index (χ4v) is 3.10. The lowest BCUT2D eigenvalue weighted by atomic mass is 9.90. The van der Waals surface area contributed by atoms with Gasteiger partial charge >= 0.3 is 0 Å². The summed E-state index contributed by atoms with van der Waals surface area (Å²) in [5.74, 6) is 3.35. The van der Waals surface area contributed by atoms with E-state index in [1.54, 1.807) is 6.42 Å². The van der Waals surface area contributed by atoms with Gasteiger partial charge in [-0.15, -0.1) is 0 Å². The van der Waals surface area contributed by atoms with Gasteiger partial charge in [-0.25, -0.2) is 0 Å². The molecule has 2 rings (SSSR count). The number of hydrogen-bond acceptors (Lipinski definition) is 1. The van der Waals surface area contributed by atoms with Gasteiger partial charge in [0.05, 0.1) is 0 Å². The molecule has 0 aromatic carbocycles. The van der Waals surface area contributed by atoms with Crippen molar-refractivity contribution in [1.29, 1.82) is 0 Å². The standard InChI is InChI=1S/C13H25N/c1-3-4-5-12-10-13(12)11-6-8-14(2)9-7-11/h11-13H,3-10H2,1-2H3. The van der Waals surface area contributed by atoms with Crippen molar-refractivity contribution >= 4 is 0 Å². The van der Waals surface area contributed by atoms with Gasteiger partial charge in [-0.3, -0.25) is 0 Å². The molecular weight excluding hydrogens is 170 g/mol. The normalized spacial score (nSPS) is 34.7. The summed E-state index contributed by atoms with van der Waals surface area (Å²) in [6, 6.07) is 0. The first kappa shape index (κ1) is 10.5. The van der Waals surface area contributed by atoms with Crippen LogP contribution in [0.4, 0.5) is 0 Å². The molecule has 0 N–H and O–H groups in total. The van der Waals surface area contributed by atoms with Gasteiger partial charge in [0, 0.05) is 0 Å². The molecule has 1 heteroatoms. The van der Waals surface area contributed by atoms with Gasteiger partial charge in [0.1, 0.15) is 0 Å². The van der Waals surface area contributed by atoms with Crippen LogP contribution < -0.4 is 0 Å². The number of hydrogen-bond donors (Lipinski definition) is 0. The van der Waals surface area contributed by atoms with E-state index in [0.29, 0.717) is 0 Å². The van der Waals surface area contributed by atoms with Crippen LogP contribution in [-0.2, 0) is 0 Å². The summed E-state index contributed by atoms with van der Waals surface area (Å²) in [5.41, 5.74) is 0. The Morgan fingerprint density at radius 3 is 2.57 bits per heavy atom. The molecule has 14 heavy (non-hydrogen) atoms. The van der Waals surface area contributed by atoms with Crippen LogP contribution in [0.5, 0.6) is 0 Å². The smallest absolute Gasteiger partial charge is 0.00190 e. The van der Waals surface area contributed by atoms with E-state index >= 15 is 0 Å². The van der Waals surface area contributed by atoms with E-state index in [4.69, 9.17) is 0 Å². The van der Waals surface area contributed by atoms with Gasteiger partial charge in [0.2, 0.25) is 0 Å². The highest BCUT2D eigenvalue weighted by atomic mass is 15.1. The van der Waals surface area contributed by atoms with Gasteiger partial charge in [-0.1, -0.05) is 26.2 Å². The first-order chi connectivity index (χ1) is 6.81. The number of piperidine rings is 1. The number of rotatable bonds is 4.